The van der Waals surface area contributed by atoms with E-state index in [-0.39, 0.29) is 11.7 Å². The lowest BCUT2D eigenvalue weighted by atomic mass is 9.85. The van der Waals surface area contributed by atoms with Gasteiger partial charge in [0, 0.05) is 26.8 Å². The van der Waals surface area contributed by atoms with Gasteiger partial charge in [-0.2, -0.15) is 0 Å². The lowest BCUT2D eigenvalue weighted by molar-refractivity contribution is -0.121. The highest BCUT2D eigenvalue weighted by Gasteiger charge is 2.49. The predicted molar refractivity (Wildman–Crippen MR) is 79.4 cm³/mol. The van der Waals surface area contributed by atoms with Crippen molar-refractivity contribution in [3.05, 3.63) is 29.3 Å². The van der Waals surface area contributed by atoms with Gasteiger partial charge in [0.25, 0.3) is 0 Å². The molecule has 0 N–H and O–H groups in total. The molecular weight excluding hydrogens is 276 g/mol. The minimum Gasteiger partial charge on any atom is -0.314 e. The van der Waals surface area contributed by atoms with Gasteiger partial charge in [-0.05, 0) is 25.5 Å². The molecule has 6 heteroatoms. The molecular formula is C14H20N2O3S. The zero-order valence-corrected chi connectivity index (χ0v) is 13.3. The fourth-order valence-corrected chi connectivity index (χ4v) is 3.88. The smallest absolute Gasteiger partial charge is 0.238 e. The number of carbonyl (C=O) groups is 1. The highest BCUT2D eigenvalue weighted by Crippen LogP contribution is 2.42. The Labute approximate surface area is 120 Å². The Hall–Kier alpha value is -1.40. The average Bonchev–Trinajstić information content (AvgIpc) is 2.51. The van der Waals surface area contributed by atoms with Crippen LogP contribution in [0, 0.1) is 6.92 Å². The molecule has 2 rings (SSSR count). The second kappa shape index (κ2) is 4.56. The molecule has 110 valence electrons. The molecule has 20 heavy (non-hydrogen) atoms. The quantitative estimate of drug-likeness (QED) is 0.840. The van der Waals surface area contributed by atoms with Gasteiger partial charge in [0.1, 0.15) is 0 Å². The highest BCUT2D eigenvalue weighted by atomic mass is 32.2. The Kier molecular flexibility index (Phi) is 3.42. The van der Waals surface area contributed by atoms with Crippen molar-refractivity contribution in [2.24, 2.45) is 0 Å². The molecule has 0 bridgehead atoms. The number of rotatable bonds is 3. The lowest BCUT2D eigenvalue weighted by Gasteiger charge is -2.25. The number of aryl methyl sites for hydroxylation is 1. The average molecular weight is 296 g/mol. The first-order valence-corrected chi connectivity index (χ1v) is 8.00. The standard InChI is InChI=1S/C14H20N2O3S/c1-10-6-7-12-11(8-10)14(2,13(17)16(12)5)9-20(18,19)15(3)4/h6-8H,9H2,1-5H3. The summed E-state index contributed by atoms with van der Waals surface area (Å²) >= 11 is 0. The molecule has 0 radical (unpaired) electrons. The minimum atomic E-state index is -3.47. The minimum absolute atomic E-state index is 0.177. The molecule has 0 aliphatic carbocycles. The van der Waals surface area contributed by atoms with E-state index in [0.717, 1.165) is 16.8 Å². The molecule has 0 aromatic heterocycles. The molecule has 0 fully saturated rings. The maximum absolute atomic E-state index is 12.5. The summed E-state index contributed by atoms with van der Waals surface area (Å²) in [6.07, 6.45) is 0. The fourth-order valence-electron chi connectivity index (χ4n) is 2.61. The molecule has 1 aromatic carbocycles. The van der Waals surface area contributed by atoms with Gasteiger partial charge in [-0.1, -0.05) is 17.7 Å². The Morgan fingerprint density at radius 1 is 1.30 bits per heavy atom. The summed E-state index contributed by atoms with van der Waals surface area (Å²) in [6, 6.07) is 5.70. The maximum Gasteiger partial charge on any atom is 0.238 e. The van der Waals surface area contributed by atoms with E-state index < -0.39 is 15.4 Å². The summed E-state index contributed by atoms with van der Waals surface area (Å²) in [4.78, 5) is 14.1. The van der Waals surface area contributed by atoms with Crippen molar-refractivity contribution >= 4 is 21.6 Å². The molecule has 1 aliphatic heterocycles. The number of likely N-dealkylation sites (N-methyl/N-ethyl adjacent to an activating group) is 1. The Bertz CT molecular complexity index is 667. The van der Waals surface area contributed by atoms with Crippen LogP contribution in [0.4, 0.5) is 5.69 Å². The number of benzene rings is 1. The Morgan fingerprint density at radius 2 is 1.90 bits per heavy atom. The molecule has 1 aliphatic rings. The van der Waals surface area contributed by atoms with E-state index in [1.807, 2.05) is 25.1 Å². The third-order valence-electron chi connectivity index (χ3n) is 3.91. The van der Waals surface area contributed by atoms with Gasteiger partial charge in [0.2, 0.25) is 15.9 Å². The molecule has 1 aromatic rings. The molecule has 1 amide bonds. The van der Waals surface area contributed by atoms with E-state index in [1.165, 1.54) is 18.4 Å². The summed E-state index contributed by atoms with van der Waals surface area (Å²) in [5, 5.41) is 0. The number of hydrogen-bond donors (Lipinski definition) is 0. The second-order valence-corrected chi connectivity index (χ2v) is 7.94. The molecule has 0 saturated heterocycles. The van der Waals surface area contributed by atoms with E-state index in [4.69, 9.17) is 0 Å². The summed E-state index contributed by atoms with van der Waals surface area (Å²) in [5.41, 5.74) is 1.56. The normalized spacial score (nSPS) is 22.5. The van der Waals surface area contributed by atoms with Gasteiger partial charge in [0.15, 0.2) is 0 Å². The van der Waals surface area contributed by atoms with Crippen LogP contribution < -0.4 is 4.90 Å². The topological polar surface area (TPSA) is 57.7 Å². The molecule has 1 unspecified atom stereocenters. The number of sulfonamides is 1. The van der Waals surface area contributed by atoms with Gasteiger partial charge < -0.3 is 4.90 Å². The number of anilines is 1. The summed E-state index contributed by atoms with van der Waals surface area (Å²) in [5.74, 6) is -0.393. The van der Waals surface area contributed by atoms with Crippen molar-refractivity contribution < 1.29 is 13.2 Å². The molecule has 1 heterocycles. The van der Waals surface area contributed by atoms with Crippen molar-refractivity contribution in [2.75, 3.05) is 31.8 Å². The SMILES string of the molecule is Cc1ccc2c(c1)C(C)(CS(=O)(=O)N(C)C)C(=O)N2C. The fraction of sp³-hybridized carbons (Fsp3) is 0.500. The van der Waals surface area contributed by atoms with Gasteiger partial charge in [-0.3, -0.25) is 4.79 Å². The van der Waals surface area contributed by atoms with Gasteiger partial charge in [0.05, 0.1) is 11.2 Å². The van der Waals surface area contributed by atoms with E-state index in [1.54, 1.807) is 18.9 Å². The van der Waals surface area contributed by atoms with Crippen molar-refractivity contribution in [3.8, 4) is 0 Å². The van der Waals surface area contributed by atoms with E-state index in [2.05, 4.69) is 0 Å². The molecule has 5 nitrogen and oxygen atoms in total. The predicted octanol–water partition coefficient (Wildman–Crippen LogP) is 1.12. The van der Waals surface area contributed by atoms with Crippen LogP contribution in [-0.2, 0) is 20.2 Å². The molecule has 0 saturated carbocycles. The number of hydrogen-bond acceptors (Lipinski definition) is 3. The Balaban J connectivity index is 2.58. The number of fused-ring (bicyclic) bond motifs is 1. The maximum atomic E-state index is 12.5. The first-order chi connectivity index (χ1) is 9.09. The third kappa shape index (κ3) is 2.13. The highest BCUT2D eigenvalue weighted by molar-refractivity contribution is 7.89. The monoisotopic (exact) mass is 296 g/mol. The van der Waals surface area contributed by atoms with Crippen LogP contribution in [0.15, 0.2) is 18.2 Å². The van der Waals surface area contributed by atoms with Gasteiger partial charge in [-0.15, -0.1) is 0 Å². The van der Waals surface area contributed by atoms with Gasteiger partial charge in [-0.25, -0.2) is 12.7 Å². The largest absolute Gasteiger partial charge is 0.314 e. The van der Waals surface area contributed by atoms with E-state index >= 15 is 0 Å². The van der Waals surface area contributed by atoms with Crippen LogP contribution in [0.2, 0.25) is 0 Å². The molecule has 1 atom stereocenters. The number of nitrogens with zero attached hydrogens (tertiary/aromatic N) is 2. The van der Waals surface area contributed by atoms with Crippen molar-refractivity contribution in [3.63, 3.8) is 0 Å². The Morgan fingerprint density at radius 3 is 2.45 bits per heavy atom. The van der Waals surface area contributed by atoms with E-state index in [0.29, 0.717) is 0 Å². The van der Waals surface area contributed by atoms with E-state index in [9.17, 15) is 13.2 Å². The van der Waals surface area contributed by atoms with Crippen LogP contribution >= 0.6 is 0 Å². The summed E-state index contributed by atoms with van der Waals surface area (Å²) in [7, 11) is 1.19. The first-order valence-electron chi connectivity index (χ1n) is 6.39. The zero-order valence-electron chi connectivity index (χ0n) is 12.5. The van der Waals surface area contributed by atoms with Crippen LogP contribution in [0.5, 0.6) is 0 Å². The van der Waals surface area contributed by atoms with Gasteiger partial charge >= 0.3 is 0 Å². The van der Waals surface area contributed by atoms with Crippen LogP contribution in [0.1, 0.15) is 18.1 Å². The number of amides is 1. The van der Waals surface area contributed by atoms with Crippen molar-refractivity contribution in [1.82, 2.24) is 4.31 Å². The second-order valence-electron chi connectivity index (χ2n) is 5.76. The first kappa shape index (κ1) is 15.0. The third-order valence-corrected chi connectivity index (χ3v) is 5.97. The van der Waals surface area contributed by atoms with Crippen LogP contribution in [0.3, 0.4) is 0 Å². The summed E-state index contributed by atoms with van der Waals surface area (Å²) < 4.78 is 25.6. The lowest BCUT2D eigenvalue weighted by Crippen LogP contribution is -2.44. The zero-order chi connectivity index (χ0) is 15.3. The van der Waals surface area contributed by atoms with Crippen LogP contribution in [-0.4, -0.2) is 45.5 Å². The van der Waals surface area contributed by atoms with Crippen molar-refractivity contribution in [2.45, 2.75) is 19.3 Å². The van der Waals surface area contributed by atoms with Crippen LogP contribution in [0.25, 0.3) is 0 Å². The van der Waals surface area contributed by atoms with Crippen molar-refractivity contribution in [1.29, 1.82) is 0 Å². The molecule has 0 spiro atoms. The number of carbonyl (C=O) groups excluding carboxylic acids is 1. The summed E-state index contributed by atoms with van der Waals surface area (Å²) in [6.45, 7) is 3.64.